The fourth-order valence-electron chi connectivity index (χ4n) is 2.58. The summed E-state index contributed by atoms with van der Waals surface area (Å²) in [7, 11) is -3.77. The quantitative estimate of drug-likeness (QED) is 0.552. The number of thiophene rings is 1. The van der Waals surface area contributed by atoms with Crippen molar-refractivity contribution in [3.8, 4) is 0 Å². The summed E-state index contributed by atoms with van der Waals surface area (Å²) in [5, 5.41) is 10.6. The molecule has 2 heterocycles. The predicted octanol–water partition coefficient (Wildman–Crippen LogP) is 2.28. The number of para-hydroxylation sites is 1. The minimum atomic E-state index is -3.77. The van der Waals surface area contributed by atoms with E-state index in [-0.39, 0.29) is 16.7 Å². The van der Waals surface area contributed by atoms with Crippen LogP contribution in [0.3, 0.4) is 0 Å². The first-order valence-corrected chi connectivity index (χ1v) is 10.8. The zero-order chi connectivity index (χ0) is 21.0. The average molecular weight is 431 g/mol. The Kier molecular flexibility index (Phi) is 6.06. The predicted molar refractivity (Wildman–Crippen MR) is 110 cm³/mol. The number of hydrogen-bond donors (Lipinski definition) is 3. The molecule has 0 saturated carbocycles. The van der Waals surface area contributed by atoms with E-state index in [1.54, 1.807) is 43.3 Å². The van der Waals surface area contributed by atoms with E-state index in [4.69, 9.17) is 5.14 Å². The maximum atomic E-state index is 12.7. The minimum absolute atomic E-state index is 0.0302. The van der Waals surface area contributed by atoms with Crippen LogP contribution >= 0.6 is 11.3 Å². The van der Waals surface area contributed by atoms with Gasteiger partial charge in [0.05, 0.1) is 17.8 Å². The van der Waals surface area contributed by atoms with Crippen LogP contribution in [0, 0.1) is 6.92 Å². The van der Waals surface area contributed by atoms with Gasteiger partial charge in [-0.1, -0.05) is 12.1 Å². The number of benzene rings is 1. The molecule has 0 aliphatic carbocycles. The van der Waals surface area contributed by atoms with Gasteiger partial charge >= 0.3 is 0 Å². The van der Waals surface area contributed by atoms with Crippen molar-refractivity contribution in [2.45, 2.75) is 17.7 Å². The molecule has 150 valence electrons. The van der Waals surface area contributed by atoms with Gasteiger partial charge in [0.2, 0.25) is 10.0 Å². The Morgan fingerprint density at radius 2 is 1.79 bits per heavy atom. The number of nitrogens with zero attached hydrogens (tertiary/aromatic N) is 1. The third-order valence-corrected chi connectivity index (χ3v) is 6.56. The van der Waals surface area contributed by atoms with Crippen molar-refractivity contribution in [2.75, 3.05) is 5.32 Å². The van der Waals surface area contributed by atoms with Crippen molar-refractivity contribution < 1.29 is 18.0 Å². The van der Waals surface area contributed by atoms with Crippen LogP contribution in [0.1, 0.15) is 31.2 Å². The van der Waals surface area contributed by atoms with E-state index in [0.717, 1.165) is 16.9 Å². The first-order valence-electron chi connectivity index (χ1n) is 8.46. The van der Waals surface area contributed by atoms with E-state index in [2.05, 4.69) is 15.6 Å². The van der Waals surface area contributed by atoms with E-state index in [0.29, 0.717) is 21.7 Å². The lowest BCUT2D eigenvalue weighted by Gasteiger charge is -2.14. The standard InChI is InChI=1S/C19H18N4O4S2/c1-12-3-2-4-15(17(12)23-18(24)13-7-9-21-10-8-13)19(25)22-11-14-5-6-16(28-14)29(20,26)27/h2-10H,11H2,1H3,(H,22,25)(H,23,24)(H2,20,26,27). The Labute approximate surface area is 171 Å². The lowest BCUT2D eigenvalue weighted by molar-refractivity contribution is 0.0952. The average Bonchev–Trinajstić information content (AvgIpc) is 3.18. The van der Waals surface area contributed by atoms with Crippen molar-refractivity contribution in [1.82, 2.24) is 10.3 Å². The summed E-state index contributed by atoms with van der Waals surface area (Å²) in [5.41, 5.74) is 1.86. The molecule has 0 bridgehead atoms. The first-order chi connectivity index (χ1) is 13.8. The second-order valence-corrected chi connectivity index (χ2v) is 9.09. The van der Waals surface area contributed by atoms with Gasteiger partial charge in [0, 0.05) is 22.8 Å². The van der Waals surface area contributed by atoms with Gasteiger partial charge in [0.15, 0.2) is 0 Å². The molecule has 0 unspecified atom stereocenters. The zero-order valence-corrected chi connectivity index (χ0v) is 17.0. The summed E-state index contributed by atoms with van der Waals surface area (Å²) in [4.78, 5) is 29.7. The summed E-state index contributed by atoms with van der Waals surface area (Å²) in [5.74, 6) is -0.754. The number of aromatic nitrogens is 1. The molecule has 8 nitrogen and oxygen atoms in total. The van der Waals surface area contributed by atoms with Gasteiger partial charge in [-0.05, 0) is 42.8 Å². The summed E-state index contributed by atoms with van der Waals surface area (Å²) >= 11 is 0.989. The van der Waals surface area contributed by atoms with Gasteiger partial charge in [-0.3, -0.25) is 14.6 Å². The molecule has 0 aliphatic rings. The van der Waals surface area contributed by atoms with Gasteiger partial charge in [0.25, 0.3) is 11.8 Å². The van der Waals surface area contributed by atoms with E-state index in [1.165, 1.54) is 18.5 Å². The van der Waals surface area contributed by atoms with Crippen molar-refractivity contribution in [2.24, 2.45) is 5.14 Å². The summed E-state index contributed by atoms with van der Waals surface area (Å²) < 4.78 is 22.8. The molecule has 0 spiro atoms. The van der Waals surface area contributed by atoms with E-state index < -0.39 is 15.9 Å². The molecule has 1 aromatic carbocycles. The number of nitrogens with two attached hydrogens (primary N) is 1. The van der Waals surface area contributed by atoms with Crippen LogP contribution in [0.15, 0.2) is 59.1 Å². The number of rotatable bonds is 6. The van der Waals surface area contributed by atoms with Crippen LogP contribution in [-0.4, -0.2) is 25.2 Å². The number of carbonyl (C=O) groups is 2. The Morgan fingerprint density at radius 1 is 1.07 bits per heavy atom. The highest BCUT2D eigenvalue weighted by molar-refractivity contribution is 7.91. The topological polar surface area (TPSA) is 131 Å². The largest absolute Gasteiger partial charge is 0.347 e. The number of primary sulfonamides is 1. The van der Waals surface area contributed by atoms with E-state index in [1.807, 2.05) is 0 Å². The van der Waals surface area contributed by atoms with Crippen LogP contribution in [-0.2, 0) is 16.6 Å². The normalized spacial score (nSPS) is 11.1. The highest BCUT2D eigenvalue weighted by Gasteiger charge is 2.17. The molecular weight excluding hydrogens is 412 g/mol. The maximum absolute atomic E-state index is 12.7. The first kappa shape index (κ1) is 20.6. The van der Waals surface area contributed by atoms with Gasteiger partial charge in [-0.25, -0.2) is 13.6 Å². The summed E-state index contributed by atoms with van der Waals surface area (Å²) in [6.45, 7) is 1.92. The number of sulfonamides is 1. The van der Waals surface area contributed by atoms with Crippen LogP contribution in [0.2, 0.25) is 0 Å². The molecule has 2 aromatic heterocycles. The van der Waals surface area contributed by atoms with E-state index in [9.17, 15) is 18.0 Å². The van der Waals surface area contributed by atoms with E-state index >= 15 is 0 Å². The fraction of sp³-hybridized carbons (Fsp3) is 0.105. The van der Waals surface area contributed by atoms with Crippen LogP contribution in [0.5, 0.6) is 0 Å². The molecular formula is C19H18N4O4S2. The summed E-state index contributed by atoms with van der Waals surface area (Å²) in [6.07, 6.45) is 3.02. The van der Waals surface area contributed by atoms with Crippen LogP contribution < -0.4 is 15.8 Å². The number of amides is 2. The number of pyridine rings is 1. The summed E-state index contributed by atoms with van der Waals surface area (Å²) in [6, 6.07) is 11.3. The minimum Gasteiger partial charge on any atom is -0.347 e. The maximum Gasteiger partial charge on any atom is 0.255 e. The number of aryl methyl sites for hydroxylation is 1. The number of nitrogens with one attached hydrogen (secondary N) is 2. The van der Waals surface area contributed by atoms with Gasteiger partial charge in [-0.2, -0.15) is 0 Å². The zero-order valence-electron chi connectivity index (χ0n) is 15.4. The molecule has 0 radical (unpaired) electrons. The molecule has 3 aromatic rings. The fourth-order valence-corrected chi connectivity index (χ4v) is 4.30. The number of anilines is 1. The second kappa shape index (κ2) is 8.52. The Bertz CT molecular complexity index is 1160. The number of hydrogen-bond acceptors (Lipinski definition) is 6. The Balaban J connectivity index is 1.76. The smallest absolute Gasteiger partial charge is 0.255 e. The molecule has 4 N–H and O–H groups in total. The van der Waals surface area contributed by atoms with Crippen molar-refractivity contribution >= 4 is 38.9 Å². The Hall–Kier alpha value is -3.08. The molecule has 0 saturated heterocycles. The third kappa shape index (κ3) is 5.05. The molecule has 3 rings (SSSR count). The number of carbonyl (C=O) groups excluding carboxylic acids is 2. The lowest BCUT2D eigenvalue weighted by atomic mass is 10.1. The molecule has 0 fully saturated rings. The van der Waals surface area contributed by atoms with Crippen molar-refractivity contribution in [1.29, 1.82) is 0 Å². The monoisotopic (exact) mass is 430 g/mol. The van der Waals surface area contributed by atoms with Gasteiger partial charge in [0.1, 0.15) is 4.21 Å². The molecule has 10 heteroatoms. The highest BCUT2D eigenvalue weighted by Crippen LogP contribution is 2.23. The molecule has 0 aliphatic heterocycles. The second-order valence-electron chi connectivity index (χ2n) is 6.14. The van der Waals surface area contributed by atoms with Gasteiger partial charge < -0.3 is 10.6 Å². The van der Waals surface area contributed by atoms with Crippen molar-refractivity contribution in [3.05, 3.63) is 76.4 Å². The molecule has 0 atom stereocenters. The van der Waals surface area contributed by atoms with Gasteiger partial charge in [-0.15, -0.1) is 11.3 Å². The third-order valence-electron chi connectivity index (χ3n) is 4.04. The Morgan fingerprint density at radius 3 is 2.45 bits per heavy atom. The SMILES string of the molecule is Cc1cccc(C(=O)NCc2ccc(S(N)(=O)=O)s2)c1NC(=O)c1ccncc1. The van der Waals surface area contributed by atoms with Crippen molar-refractivity contribution in [3.63, 3.8) is 0 Å². The lowest BCUT2D eigenvalue weighted by Crippen LogP contribution is -2.25. The molecule has 2 amide bonds. The van der Waals surface area contributed by atoms with Crippen LogP contribution in [0.25, 0.3) is 0 Å². The molecule has 29 heavy (non-hydrogen) atoms. The van der Waals surface area contributed by atoms with Crippen LogP contribution in [0.4, 0.5) is 5.69 Å². The highest BCUT2D eigenvalue weighted by atomic mass is 32.2.